The number of carbonyl (C=O) groups is 2. The van der Waals surface area contributed by atoms with Gasteiger partial charge in [0.1, 0.15) is 5.78 Å². The van der Waals surface area contributed by atoms with Gasteiger partial charge in [-0.25, -0.2) is 0 Å². The van der Waals surface area contributed by atoms with E-state index in [0.717, 1.165) is 55.8 Å². The molecule has 0 N–H and O–H groups in total. The smallest absolute Gasteiger partial charge is 0.312 e. The third-order valence-electron chi connectivity index (χ3n) is 11.5. The Morgan fingerprint density at radius 1 is 0.935 bits per heavy atom. The maximum atomic E-state index is 13.2. The highest BCUT2D eigenvalue weighted by Gasteiger charge is 2.71. The molecule has 10 fully saturated rings. The monoisotopic (exact) mass is 426 g/mol. The molecular formula is C26H34O5. The summed E-state index contributed by atoms with van der Waals surface area (Å²) >= 11 is 0. The second kappa shape index (κ2) is 5.94. The Bertz CT molecular complexity index is 823. The van der Waals surface area contributed by atoms with Crippen molar-refractivity contribution in [1.29, 1.82) is 0 Å². The molecule has 5 nitrogen and oxygen atoms in total. The Kier molecular flexibility index (Phi) is 3.54. The summed E-state index contributed by atoms with van der Waals surface area (Å²) in [6, 6.07) is 0. The van der Waals surface area contributed by atoms with Gasteiger partial charge in [-0.15, -0.1) is 0 Å². The maximum Gasteiger partial charge on any atom is 0.312 e. The van der Waals surface area contributed by atoms with Crippen LogP contribution in [0, 0.1) is 64.6 Å². The highest BCUT2D eigenvalue weighted by molar-refractivity contribution is 5.89. The zero-order valence-corrected chi connectivity index (χ0v) is 18.3. The molecule has 0 aromatic heterocycles. The van der Waals surface area contributed by atoms with Crippen molar-refractivity contribution in [3.63, 3.8) is 0 Å². The molecule has 0 aromatic rings. The number of hydrogen-bond acceptors (Lipinski definition) is 5. The first-order chi connectivity index (χ1) is 15.0. The Morgan fingerprint density at radius 3 is 2.45 bits per heavy atom. The number of esters is 1. The van der Waals surface area contributed by atoms with Crippen molar-refractivity contribution in [2.24, 2.45) is 64.6 Å². The zero-order chi connectivity index (χ0) is 20.5. The lowest BCUT2D eigenvalue weighted by atomic mass is 9.49. The fourth-order valence-electron chi connectivity index (χ4n) is 10.7. The predicted octanol–water partition coefficient (Wildman–Crippen LogP) is 3.60. The normalized spacial score (nSPS) is 59.8. The third-order valence-corrected chi connectivity index (χ3v) is 11.5. The van der Waals surface area contributed by atoms with Crippen molar-refractivity contribution in [2.45, 2.75) is 63.6 Å². The first-order valence-electron chi connectivity index (χ1n) is 13.0. The lowest BCUT2D eigenvalue weighted by Gasteiger charge is -2.59. The molecule has 1 aliphatic heterocycles. The van der Waals surface area contributed by atoms with E-state index >= 15 is 0 Å². The van der Waals surface area contributed by atoms with Crippen molar-refractivity contribution >= 4 is 11.8 Å². The number of ketones is 1. The quantitative estimate of drug-likeness (QED) is 0.646. The fraction of sp³-hybridized carbons (Fsp3) is 0.923. The first-order valence-corrected chi connectivity index (χ1v) is 13.0. The number of Topliss-reactive ketones (excluding diaryl/α,β-unsaturated/α-hetero) is 1. The van der Waals surface area contributed by atoms with Crippen LogP contribution in [-0.4, -0.2) is 37.4 Å². The molecule has 8 atom stereocenters. The number of rotatable bonds is 3. The van der Waals surface area contributed by atoms with Gasteiger partial charge in [0, 0.05) is 29.6 Å². The minimum Gasteiger partial charge on any atom is -0.465 e. The summed E-state index contributed by atoms with van der Waals surface area (Å²) in [4.78, 5) is 25.6. The standard InChI is InChI=1S/C26H34O5/c27-23-17-1-13-2-18(23)9-25(7-13,8-17)24(28)29-10-14-11-30-26(31-12-14)19-4-16-3-15-5-21(26)22(16)20(15)6-19/h13-22H,1-12H2. The van der Waals surface area contributed by atoms with Gasteiger partial charge >= 0.3 is 5.97 Å². The van der Waals surface area contributed by atoms with E-state index in [9.17, 15) is 9.59 Å². The van der Waals surface area contributed by atoms with Crippen LogP contribution in [0.1, 0.15) is 57.8 Å². The van der Waals surface area contributed by atoms with Crippen LogP contribution >= 0.6 is 0 Å². The van der Waals surface area contributed by atoms with E-state index in [1.165, 1.54) is 25.7 Å². The molecule has 10 rings (SSSR count). The summed E-state index contributed by atoms with van der Waals surface area (Å²) in [6.07, 6.45) is 9.79. The molecule has 9 saturated carbocycles. The molecule has 10 bridgehead atoms. The van der Waals surface area contributed by atoms with Crippen LogP contribution in [0.15, 0.2) is 0 Å². The molecule has 31 heavy (non-hydrogen) atoms. The molecule has 5 heteroatoms. The van der Waals surface area contributed by atoms with Gasteiger partial charge in [-0.2, -0.15) is 0 Å². The Balaban J connectivity index is 0.921. The molecular weight excluding hydrogens is 392 g/mol. The van der Waals surface area contributed by atoms with E-state index in [4.69, 9.17) is 14.2 Å². The van der Waals surface area contributed by atoms with E-state index in [2.05, 4.69) is 0 Å². The van der Waals surface area contributed by atoms with Crippen LogP contribution in [0.5, 0.6) is 0 Å². The topological polar surface area (TPSA) is 61.8 Å². The molecule has 10 aliphatic rings. The molecule has 168 valence electrons. The van der Waals surface area contributed by atoms with Gasteiger partial charge in [-0.05, 0) is 87.4 Å². The van der Waals surface area contributed by atoms with Gasteiger partial charge in [0.25, 0.3) is 0 Å². The average Bonchev–Trinajstić information content (AvgIpc) is 3.21. The summed E-state index contributed by atoms with van der Waals surface area (Å²) in [5.41, 5.74) is -0.385. The Labute approximate surface area is 183 Å². The molecule has 1 spiro atoms. The largest absolute Gasteiger partial charge is 0.465 e. The lowest BCUT2D eigenvalue weighted by molar-refractivity contribution is -0.367. The van der Waals surface area contributed by atoms with Crippen LogP contribution in [-0.2, 0) is 23.8 Å². The SMILES string of the molecule is O=C1C2CC3CC1CC(C(=O)OCC1COC4(OC1)C1CC5CC6CC4C5C6C1)(C3)C2. The van der Waals surface area contributed by atoms with Gasteiger partial charge in [-0.3, -0.25) is 9.59 Å². The van der Waals surface area contributed by atoms with Crippen LogP contribution < -0.4 is 0 Å². The molecule has 0 amide bonds. The summed E-state index contributed by atoms with van der Waals surface area (Å²) < 4.78 is 19.1. The summed E-state index contributed by atoms with van der Waals surface area (Å²) in [6.45, 7) is 1.72. The van der Waals surface area contributed by atoms with Crippen molar-refractivity contribution in [3.8, 4) is 0 Å². The van der Waals surface area contributed by atoms with Crippen molar-refractivity contribution in [3.05, 3.63) is 0 Å². The second-order valence-electron chi connectivity index (χ2n) is 12.8. The van der Waals surface area contributed by atoms with Gasteiger partial charge in [0.15, 0.2) is 5.79 Å². The molecule has 1 heterocycles. The Morgan fingerprint density at radius 2 is 1.71 bits per heavy atom. The number of ether oxygens (including phenoxy) is 3. The average molecular weight is 427 g/mol. The molecule has 0 radical (unpaired) electrons. The molecule has 0 aromatic carbocycles. The predicted molar refractivity (Wildman–Crippen MR) is 109 cm³/mol. The van der Waals surface area contributed by atoms with Gasteiger partial charge in [-0.1, -0.05) is 0 Å². The summed E-state index contributed by atoms with van der Waals surface area (Å²) in [5.74, 6) is 5.84. The van der Waals surface area contributed by atoms with Gasteiger partial charge in [0.2, 0.25) is 0 Å². The highest BCUT2D eigenvalue weighted by Crippen LogP contribution is 2.72. The van der Waals surface area contributed by atoms with Crippen LogP contribution in [0.3, 0.4) is 0 Å². The fourth-order valence-corrected chi connectivity index (χ4v) is 10.7. The minimum absolute atomic E-state index is 0.0462. The van der Waals surface area contributed by atoms with E-state index in [1.54, 1.807) is 0 Å². The maximum absolute atomic E-state index is 13.2. The Hall–Kier alpha value is -0.940. The van der Waals surface area contributed by atoms with Crippen LogP contribution in [0.2, 0.25) is 0 Å². The zero-order valence-electron chi connectivity index (χ0n) is 18.3. The van der Waals surface area contributed by atoms with E-state index in [1.807, 2.05) is 0 Å². The van der Waals surface area contributed by atoms with E-state index < -0.39 is 0 Å². The van der Waals surface area contributed by atoms with Crippen LogP contribution in [0.25, 0.3) is 0 Å². The third kappa shape index (κ3) is 2.26. The number of carbonyl (C=O) groups excluding carboxylic acids is 2. The lowest BCUT2D eigenvalue weighted by Crippen LogP contribution is -2.63. The van der Waals surface area contributed by atoms with Gasteiger partial charge < -0.3 is 14.2 Å². The summed E-state index contributed by atoms with van der Waals surface area (Å²) in [7, 11) is 0. The van der Waals surface area contributed by atoms with Gasteiger partial charge in [0.05, 0.1) is 25.2 Å². The minimum atomic E-state index is -0.385. The summed E-state index contributed by atoms with van der Waals surface area (Å²) in [5, 5.41) is 0. The van der Waals surface area contributed by atoms with E-state index in [0.29, 0.717) is 43.4 Å². The molecule has 1 saturated heterocycles. The number of hydrogen-bond donors (Lipinski definition) is 0. The highest BCUT2D eigenvalue weighted by atomic mass is 16.7. The van der Waals surface area contributed by atoms with Crippen molar-refractivity contribution < 1.29 is 23.8 Å². The second-order valence-corrected chi connectivity index (χ2v) is 12.8. The van der Waals surface area contributed by atoms with Crippen LogP contribution in [0.4, 0.5) is 0 Å². The van der Waals surface area contributed by atoms with E-state index in [-0.39, 0.29) is 34.9 Å². The first kappa shape index (κ1) is 18.5. The molecule has 8 unspecified atom stereocenters. The van der Waals surface area contributed by atoms with Crippen molar-refractivity contribution in [1.82, 2.24) is 0 Å². The van der Waals surface area contributed by atoms with Crippen molar-refractivity contribution in [2.75, 3.05) is 19.8 Å². The molecule has 9 aliphatic carbocycles.